The molecule has 1 fully saturated rings. The summed E-state index contributed by atoms with van der Waals surface area (Å²) in [5.74, 6) is -0.344. The van der Waals surface area contributed by atoms with Crippen molar-refractivity contribution in [2.75, 3.05) is 42.9 Å². The van der Waals surface area contributed by atoms with Crippen molar-refractivity contribution in [1.82, 2.24) is 9.88 Å². The van der Waals surface area contributed by atoms with Gasteiger partial charge in [-0.1, -0.05) is 6.07 Å². The highest BCUT2D eigenvalue weighted by Crippen LogP contribution is 2.31. The van der Waals surface area contributed by atoms with E-state index >= 15 is 0 Å². The van der Waals surface area contributed by atoms with Crippen LogP contribution in [0.5, 0.6) is 0 Å². The third-order valence-corrected chi connectivity index (χ3v) is 6.57. The summed E-state index contributed by atoms with van der Waals surface area (Å²) < 4.78 is 14.4. The average Bonchev–Trinajstić information content (AvgIpc) is 2.85. The lowest BCUT2D eigenvalue weighted by Crippen LogP contribution is -2.46. The molecule has 0 radical (unpaired) electrons. The predicted octanol–water partition coefficient (Wildman–Crippen LogP) is 3.34. The summed E-state index contributed by atoms with van der Waals surface area (Å²) >= 11 is 0. The van der Waals surface area contributed by atoms with E-state index < -0.39 is 0 Å². The molecule has 1 aromatic heterocycles. The Morgan fingerprint density at radius 2 is 1.91 bits per heavy atom. The third kappa shape index (κ3) is 4.52. The van der Waals surface area contributed by atoms with E-state index in [1.54, 1.807) is 12.1 Å². The molecular weight excluding hydrogens is 433 g/mol. The summed E-state index contributed by atoms with van der Waals surface area (Å²) in [4.78, 5) is 28.1. The van der Waals surface area contributed by atoms with Gasteiger partial charge in [0.2, 0.25) is 0 Å². The van der Waals surface area contributed by atoms with E-state index in [0.717, 1.165) is 79.8 Å². The quantitative estimate of drug-likeness (QED) is 0.622. The molecule has 0 saturated carbocycles. The summed E-state index contributed by atoms with van der Waals surface area (Å²) in [6, 6.07) is 10.9. The van der Waals surface area contributed by atoms with Gasteiger partial charge in [-0.2, -0.15) is 5.26 Å². The van der Waals surface area contributed by atoms with Crippen molar-refractivity contribution in [3.8, 4) is 6.07 Å². The van der Waals surface area contributed by atoms with Gasteiger partial charge >= 0.3 is 0 Å². The smallest absolute Gasteiger partial charge is 0.253 e. The number of H-pyrrole nitrogens is 1. The lowest BCUT2D eigenvalue weighted by atomic mass is 9.97. The number of rotatable bonds is 3. The van der Waals surface area contributed by atoms with Crippen LogP contribution in [0.1, 0.15) is 28.7 Å². The van der Waals surface area contributed by atoms with Gasteiger partial charge in [-0.15, -0.1) is 0 Å². The van der Waals surface area contributed by atoms with Crippen LogP contribution in [0.2, 0.25) is 0 Å². The van der Waals surface area contributed by atoms with E-state index in [2.05, 4.69) is 34.3 Å². The molecule has 0 unspecified atom stereocenters. The molecule has 0 amide bonds. The van der Waals surface area contributed by atoms with Crippen molar-refractivity contribution in [2.24, 2.45) is 0 Å². The number of aryl methyl sites for hydroxylation is 1. The number of nitriles is 1. The van der Waals surface area contributed by atoms with Gasteiger partial charge in [-0.3, -0.25) is 9.69 Å². The molecule has 0 aliphatic carbocycles. The number of nitrogens with zero attached hydrogens (tertiary/aromatic N) is 3. The Kier molecular flexibility index (Phi) is 6.94. The van der Waals surface area contributed by atoms with E-state index in [9.17, 15) is 9.18 Å². The van der Waals surface area contributed by atoms with Crippen LogP contribution in [0.3, 0.4) is 0 Å². The number of carbonyl (C=O) groups is 1. The molecule has 7 nitrogen and oxygen atoms in total. The Morgan fingerprint density at radius 1 is 1.15 bits per heavy atom. The van der Waals surface area contributed by atoms with Crippen LogP contribution >= 0.6 is 0 Å². The maximum absolute atomic E-state index is 14.4. The lowest BCUT2D eigenvalue weighted by molar-refractivity contribution is -0.0979. The maximum Gasteiger partial charge on any atom is 0.253 e. The Morgan fingerprint density at radius 3 is 2.62 bits per heavy atom. The van der Waals surface area contributed by atoms with Gasteiger partial charge in [0, 0.05) is 50.2 Å². The Labute approximate surface area is 197 Å². The van der Waals surface area contributed by atoms with Crippen LogP contribution in [0.15, 0.2) is 35.1 Å². The molecule has 176 valence electrons. The molecule has 34 heavy (non-hydrogen) atoms. The largest absolute Gasteiger partial charge is 0.384 e. The molecule has 5 rings (SSSR count). The van der Waals surface area contributed by atoms with Crippen molar-refractivity contribution in [2.45, 2.75) is 26.3 Å². The molecule has 0 spiro atoms. The van der Waals surface area contributed by atoms with E-state index in [0.29, 0.717) is 11.3 Å². The fraction of sp³-hybridized carbons (Fsp3) is 0.346. The van der Waals surface area contributed by atoms with Crippen LogP contribution in [0.25, 0.3) is 10.9 Å². The molecule has 2 aliphatic heterocycles. The molecule has 3 aromatic rings. The summed E-state index contributed by atoms with van der Waals surface area (Å²) in [6.45, 7) is 8.88. The first-order valence-corrected chi connectivity index (χ1v) is 11.4. The monoisotopic (exact) mass is 461 g/mol. The third-order valence-electron chi connectivity index (χ3n) is 6.57. The van der Waals surface area contributed by atoms with Crippen LogP contribution in [0.4, 0.5) is 15.8 Å². The molecule has 0 atom stereocenters. The predicted molar refractivity (Wildman–Crippen MR) is 132 cm³/mol. The number of halogens is 1. The first-order valence-electron chi connectivity index (χ1n) is 11.4. The minimum atomic E-state index is -0.344. The second kappa shape index (κ2) is 10.1. The minimum absolute atomic E-state index is 0.00862. The molecule has 0 bridgehead atoms. The molecule has 2 aliphatic rings. The van der Waals surface area contributed by atoms with Crippen molar-refractivity contribution < 1.29 is 9.18 Å². The van der Waals surface area contributed by atoms with Gasteiger partial charge in [0.05, 0.1) is 28.5 Å². The standard InChI is InChI=1S/C25H26FN5O.CH2O/c1-16-11-18(13-21-23(16)24-19(25(32)29-21)3-2-6-28-24)15-30-7-9-31(10-8-30)22-5-4-17(14-27)12-20(22)26;1-2/h4-5,11-13,28H,2-3,6-10,15H2,1H3,(H,29,32);1H2. The van der Waals surface area contributed by atoms with E-state index in [1.807, 2.05) is 17.8 Å². The van der Waals surface area contributed by atoms with Crippen molar-refractivity contribution in [3.05, 3.63) is 68.8 Å². The second-order valence-electron chi connectivity index (χ2n) is 8.71. The number of fused-ring (bicyclic) bond motifs is 3. The van der Waals surface area contributed by atoms with Crippen molar-refractivity contribution >= 4 is 29.1 Å². The Balaban J connectivity index is 0.00000133. The topological polar surface area (TPSA) is 92.2 Å². The number of hydrogen-bond donors (Lipinski definition) is 2. The zero-order valence-electron chi connectivity index (χ0n) is 19.3. The zero-order valence-corrected chi connectivity index (χ0v) is 19.3. The molecular formula is C26H28FN5O2. The molecule has 8 heteroatoms. The van der Waals surface area contributed by atoms with Gasteiger partial charge in [0.15, 0.2) is 0 Å². The molecule has 3 heterocycles. The zero-order chi connectivity index (χ0) is 24.2. The Hall–Kier alpha value is -3.70. The minimum Gasteiger partial charge on any atom is -0.384 e. The van der Waals surface area contributed by atoms with Gasteiger partial charge in [0.1, 0.15) is 12.6 Å². The number of benzene rings is 2. The van der Waals surface area contributed by atoms with E-state index in [1.165, 1.54) is 11.6 Å². The SMILES string of the molecule is C=O.Cc1cc(CN2CCN(c3ccc(C#N)cc3F)CC2)cc2[nH]c(=O)c3c(c12)NCCC3. The highest BCUT2D eigenvalue weighted by atomic mass is 19.1. The van der Waals surface area contributed by atoms with E-state index in [-0.39, 0.29) is 11.4 Å². The fourth-order valence-corrected chi connectivity index (χ4v) is 5.00. The fourth-order valence-electron chi connectivity index (χ4n) is 5.00. The highest BCUT2D eigenvalue weighted by molar-refractivity contribution is 5.96. The average molecular weight is 462 g/mol. The highest BCUT2D eigenvalue weighted by Gasteiger charge is 2.21. The second-order valence-corrected chi connectivity index (χ2v) is 8.71. The van der Waals surface area contributed by atoms with Crippen LogP contribution < -0.4 is 15.8 Å². The van der Waals surface area contributed by atoms with Crippen molar-refractivity contribution in [1.29, 1.82) is 5.26 Å². The first kappa shape index (κ1) is 23.5. The Bertz CT molecular complexity index is 1310. The normalized spacial score (nSPS) is 15.6. The summed E-state index contributed by atoms with van der Waals surface area (Å²) in [6.07, 6.45) is 1.80. The van der Waals surface area contributed by atoms with Gasteiger partial charge in [-0.25, -0.2) is 4.39 Å². The number of nitrogens with one attached hydrogen (secondary N) is 2. The summed E-state index contributed by atoms with van der Waals surface area (Å²) in [5.41, 5.74) is 5.98. The summed E-state index contributed by atoms with van der Waals surface area (Å²) in [7, 11) is 0. The number of hydrogen-bond acceptors (Lipinski definition) is 6. The van der Waals surface area contributed by atoms with Gasteiger partial charge in [-0.05, 0) is 55.2 Å². The lowest BCUT2D eigenvalue weighted by Gasteiger charge is -2.36. The summed E-state index contributed by atoms with van der Waals surface area (Å²) in [5, 5.41) is 13.5. The maximum atomic E-state index is 14.4. The van der Waals surface area contributed by atoms with Crippen LogP contribution in [-0.2, 0) is 17.8 Å². The number of piperazine rings is 1. The van der Waals surface area contributed by atoms with Crippen LogP contribution in [0, 0.1) is 24.1 Å². The van der Waals surface area contributed by atoms with Crippen LogP contribution in [-0.4, -0.2) is 49.4 Å². The molecule has 1 saturated heterocycles. The molecule has 2 aromatic carbocycles. The number of aromatic amines is 1. The number of pyridine rings is 1. The molecule has 2 N–H and O–H groups in total. The number of aromatic nitrogens is 1. The number of anilines is 2. The van der Waals surface area contributed by atoms with Crippen molar-refractivity contribution in [3.63, 3.8) is 0 Å². The first-order chi connectivity index (χ1) is 16.5. The van der Waals surface area contributed by atoms with Gasteiger partial charge < -0.3 is 20.0 Å². The van der Waals surface area contributed by atoms with Gasteiger partial charge in [0.25, 0.3) is 5.56 Å². The number of carbonyl (C=O) groups excluding carboxylic acids is 1. The van der Waals surface area contributed by atoms with E-state index in [4.69, 9.17) is 10.1 Å².